The number of rotatable bonds is 13. The summed E-state index contributed by atoms with van der Waals surface area (Å²) < 4.78 is 53.4. The number of alkyl halides is 1. The number of halogens is 1. The van der Waals surface area contributed by atoms with E-state index in [0.717, 1.165) is 6.92 Å². The second-order valence-corrected chi connectivity index (χ2v) is 14.8. The van der Waals surface area contributed by atoms with E-state index in [4.69, 9.17) is 24.5 Å². The third-order valence-electron chi connectivity index (χ3n) is 6.63. The second kappa shape index (κ2) is 13.0. The Labute approximate surface area is 250 Å². The van der Waals surface area contributed by atoms with E-state index in [-0.39, 0.29) is 41.8 Å². The third kappa shape index (κ3) is 7.26. The molecule has 0 bridgehead atoms. The molecule has 2 unspecified atom stereocenters. The van der Waals surface area contributed by atoms with Crippen LogP contribution >= 0.6 is 18.1 Å². The molecule has 2 aromatic heterocycles. The molecule has 2 saturated heterocycles. The number of imidazole rings is 1. The number of aliphatic hydroxyl groups is 1. The van der Waals surface area contributed by atoms with Crippen molar-refractivity contribution < 1.29 is 47.2 Å². The molecule has 2 fully saturated rings. The number of nitrogens with one attached hydrogen (secondary N) is 2. The minimum atomic E-state index is -4.04. The summed E-state index contributed by atoms with van der Waals surface area (Å²) >= 11 is 0.695. The average Bonchev–Trinajstić information content (AvgIpc) is 3.54. The Kier molecular flexibility index (Phi) is 9.98. The molecule has 2 aromatic rings. The quantitative estimate of drug-likeness (QED) is 0.137. The van der Waals surface area contributed by atoms with E-state index in [1.165, 1.54) is 17.8 Å². The molecule has 4 rings (SSSR count). The van der Waals surface area contributed by atoms with Crippen LogP contribution in [-0.2, 0) is 32.9 Å². The minimum absolute atomic E-state index is 0.0877. The highest BCUT2D eigenvalue weighted by molar-refractivity contribution is 8.56. The van der Waals surface area contributed by atoms with Crippen molar-refractivity contribution in [2.75, 3.05) is 24.7 Å². The molecule has 238 valence electrons. The van der Waals surface area contributed by atoms with Gasteiger partial charge in [0.25, 0.3) is 0 Å². The first-order chi connectivity index (χ1) is 20.1. The van der Waals surface area contributed by atoms with E-state index in [1.54, 1.807) is 20.8 Å². The topological polar surface area (TPSA) is 219 Å². The number of imide groups is 1. The maximum Gasteiger partial charge on any atom is 0.327 e. The van der Waals surface area contributed by atoms with Gasteiger partial charge in [-0.2, -0.15) is 9.97 Å². The summed E-state index contributed by atoms with van der Waals surface area (Å²) in [7, 11) is 0. The minimum Gasteiger partial charge on any atom is -0.476 e. The van der Waals surface area contributed by atoms with Crippen LogP contribution in [0.3, 0.4) is 0 Å². The SMILES string of the molecule is CCOc1nc(N)nc2c1ncn2C1O[C@H](CO[P@](=O)(N[C@H](C)C(=O)OC(C)C)SCC2CC(=O)NC2=O)[C@@H](O)[C@@]1(C)F. The zero-order valence-corrected chi connectivity index (χ0v) is 25.9. The Balaban J connectivity index is 1.53. The van der Waals surface area contributed by atoms with Gasteiger partial charge < -0.3 is 29.6 Å². The summed E-state index contributed by atoms with van der Waals surface area (Å²) in [5.41, 5.74) is 3.71. The first-order valence-electron chi connectivity index (χ1n) is 13.5. The van der Waals surface area contributed by atoms with Crippen molar-refractivity contribution in [1.29, 1.82) is 0 Å². The van der Waals surface area contributed by atoms with Crippen molar-refractivity contribution in [3.8, 4) is 5.88 Å². The Morgan fingerprint density at radius 2 is 2.12 bits per heavy atom. The van der Waals surface area contributed by atoms with Crippen LogP contribution in [0.5, 0.6) is 5.88 Å². The normalized spacial score (nSPS) is 27.8. The van der Waals surface area contributed by atoms with Crippen molar-refractivity contribution >= 4 is 53.0 Å². The predicted octanol–water partition coefficient (Wildman–Crippen LogP) is 1.24. The van der Waals surface area contributed by atoms with E-state index < -0.39 is 73.3 Å². The summed E-state index contributed by atoms with van der Waals surface area (Å²) in [5.74, 6) is -2.61. The molecule has 16 nitrogen and oxygen atoms in total. The van der Waals surface area contributed by atoms with E-state index >= 15 is 4.39 Å². The molecule has 2 amide bonds. The van der Waals surface area contributed by atoms with Crippen molar-refractivity contribution in [3.05, 3.63) is 6.33 Å². The van der Waals surface area contributed by atoms with Crippen LogP contribution in [0.2, 0.25) is 0 Å². The number of esters is 1. The molecule has 2 aliphatic rings. The lowest BCUT2D eigenvalue weighted by Crippen LogP contribution is -2.41. The number of ether oxygens (including phenoxy) is 3. The average molecular weight is 648 g/mol. The fourth-order valence-corrected chi connectivity index (χ4v) is 8.53. The Hall–Kier alpha value is -2.89. The molecule has 0 saturated carbocycles. The molecular formula is C24H35FN7O9PS. The van der Waals surface area contributed by atoms with Crippen molar-refractivity contribution in [2.45, 2.75) is 77.3 Å². The standard InChI is InChI=1S/C24H35FN7O9PS/c1-6-38-20-16-18(29-23(26)30-20)32(10-27-16)22-24(5,25)17(34)14(41-22)8-39-42(37,31-12(4)21(36)40-11(2)3)43-9-13-7-15(33)28-19(13)35/h10-14,17,22,34H,6-9H2,1-5H3,(H,31,37)(H2,26,29,30)(H,28,33,35)/t12-,13?,14-,17-,22?,24-,42-/m1/s1. The van der Waals surface area contributed by atoms with E-state index in [2.05, 4.69) is 25.4 Å². The number of aliphatic hydroxyl groups excluding tert-OH is 1. The van der Waals surface area contributed by atoms with Crippen LogP contribution < -0.4 is 20.9 Å². The number of nitrogen functional groups attached to an aromatic ring is 1. The summed E-state index contributed by atoms with van der Waals surface area (Å²) in [6.07, 6.45) is -3.85. The Bertz CT molecular complexity index is 1430. The number of carbonyl (C=O) groups is 3. The molecule has 2 aliphatic heterocycles. The molecule has 0 radical (unpaired) electrons. The van der Waals surface area contributed by atoms with Gasteiger partial charge in [0.15, 0.2) is 23.1 Å². The smallest absolute Gasteiger partial charge is 0.327 e. The number of hydrogen-bond donors (Lipinski definition) is 4. The molecule has 0 aliphatic carbocycles. The van der Waals surface area contributed by atoms with E-state index in [1.807, 2.05) is 0 Å². The van der Waals surface area contributed by atoms with Gasteiger partial charge in [-0.3, -0.25) is 28.8 Å². The van der Waals surface area contributed by atoms with Crippen LogP contribution in [-0.4, -0.2) is 91.4 Å². The summed E-state index contributed by atoms with van der Waals surface area (Å²) in [6, 6.07) is -1.10. The van der Waals surface area contributed by atoms with E-state index in [0.29, 0.717) is 11.4 Å². The molecule has 0 aromatic carbocycles. The van der Waals surface area contributed by atoms with Crippen LogP contribution in [0.4, 0.5) is 10.3 Å². The zero-order chi connectivity index (χ0) is 31.7. The molecule has 43 heavy (non-hydrogen) atoms. The van der Waals surface area contributed by atoms with Crippen molar-refractivity contribution in [2.24, 2.45) is 5.92 Å². The van der Waals surface area contributed by atoms with Crippen molar-refractivity contribution in [1.82, 2.24) is 29.9 Å². The monoisotopic (exact) mass is 647 g/mol. The molecule has 19 heteroatoms. The second-order valence-electron chi connectivity index (χ2n) is 10.5. The Morgan fingerprint density at radius 1 is 1.40 bits per heavy atom. The maximum atomic E-state index is 16.0. The van der Waals surface area contributed by atoms with Crippen LogP contribution in [0.25, 0.3) is 11.2 Å². The summed E-state index contributed by atoms with van der Waals surface area (Å²) in [5, 5.41) is 15.7. The van der Waals surface area contributed by atoms with Crippen LogP contribution in [0, 0.1) is 5.92 Å². The number of aromatic nitrogens is 4. The van der Waals surface area contributed by atoms with Gasteiger partial charge in [0.05, 0.1) is 31.6 Å². The van der Waals surface area contributed by atoms with Crippen molar-refractivity contribution in [3.63, 3.8) is 0 Å². The number of anilines is 1. The first kappa shape index (κ1) is 33.0. The first-order valence-corrected chi connectivity index (χ1v) is 16.7. The maximum absolute atomic E-state index is 16.0. The Morgan fingerprint density at radius 3 is 2.74 bits per heavy atom. The van der Waals surface area contributed by atoms with Crippen LogP contribution in [0.1, 0.15) is 47.3 Å². The lowest BCUT2D eigenvalue weighted by Gasteiger charge is -2.25. The largest absolute Gasteiger partial charge is 0.476 e. The molecular weight excluding hydrogens is 612 g/mol. The number of nitrogens with zero attached hydrogens (tertiary/aromatic N) is 4. The van der Waals surface area contributed by atoms with Gasteiger partial charge in [0.2, 0.25) is 23.6 Å². The summed E-state index contributed by atoms with van der Waals surface area (Å²) in [4.78, 5) is 48.4. The fraction of sp³-hybridized carbons (Fsp3) is 0.667. The van der Waals surface area contributed by atoms with E-state index in [9.17, 15) is 24.1 Å². The van der Waals surface area contributed by atoms with Gasteiger partial charge in [-0.05, 0) is 34.6 Å². The third-order valence-corrected chi connectivity index (χ3v) is 10.8. The molecule has 4 heterocycles. The molecule has 5 N–H and O–H groups in total. The van der Waals surface area contributed by atoms with Crippen LogP contribution in [0.15, 0.2) is 6.33 Å². The fourth-order valence-electron chi connectivity index (χ4n) is 4.50. The predicted molar refractivity (Wildman–Crippen MR) is 151 cm³/mol. The summed E-state index contributed by atoms with van der Waals surface area (Å²) in [6.45, 7) is 3.21. The lowest BCUT2D eigenvalue weighted by atomic mass is 9.98. The number of amides is 2. The molecule has 0 spiro atoms. The highest BCUT2D eigenvalue weighted by atomic mass is 32.7. The highest BCUT2D eigenvalue weighted by Gasteiger charge is 2.56. The number of fused-ring (bicyclic) bond motifs is 1. The van der Waals surface area contributed by atoms with Gasteiger partial charge in [-0.1, -0.05) is 11.4 Å². The van der Waals surface area contributed by atoms with Gasteiger partial charge in [0, 0.05) is 12.2 Å². The van der Waals surface area contributed by atoms with Gasteiger partial charge in [-0.25, -0.2) is 14.5 Å². The lowest BCUT2D eigenvalue weighted by molar-refractivity contribution is -0.149. The number of carbonyl (C=O) groups excluding carboxylic acids is 3. The zero-order valence-electron chi connectivity index (χ0n) is 24.2. The van der Waals surface area contributed by atoms with Gasteiger partial charge >= 0.3 is 12.7 Å². The molecule has 7 atom stereocenters. The highest BCUT2D eigenvalue weighted by Crippen LogP contribution is 2.58. The van der Waals surface area contributed by atoms with Gasteiger partial charge in [-0.15, -0.1) is 0 Å². The van der Waals surface area contributed by atoms with Gasteiger partial charge in [0.1, 0.15) is 18.2 Å². The number of hydrogen-bond acceptors (Lipinski definition) is 14. The number of nitrogens with two attached hydrogens (primary N) is 1.